The van der Waals surface area contributed by atoms with Gasteiger partial charge in [0.1, 0.15) is 0 Å². The molecule has 2 N–H and O–H groups in total. The van der Waals surface area contributed by atoms with Crippen molar-refractivity contribution in [2.75, 3.05) is 0 Å². The Labute approximate surface area is 89.1 Å². The Bertz CT molecular complexity index is 476. The lowest BCUT2D eigenvalue weighted by Gasteiger charge is -2.10. The van der Waals surface area contributed by atoms with Gasteiger partial charge >= 0.3 is 7.12 Å². The molecule has 1 heterocycles. The molecule has 0 bridgehead atoms. The molecular weight excluding hydrogens is 189 g/mol. The first-order valence-corrected chi connectivity index (χ1v) is 5.06. The number of fused-ring (bicyclic) bond motifs is 1. The molecule has 2 aromatic rings. The zero-order chi connectivity index (χ0) is 11.0. The Morgan fingerprint density at radius 2 is 1.93 bits per heavy atom. The monoisotopic (exact) mass is 203 g/mol. The van der Waals surface area contributed by atoms with Crippen molar-refractivity contribution < 1.29 is 10.0 Å². The van der Waals surface area contributed by atoms with Crippen LogP contribution in [0.5, 0.6) is 0 Å². The van der Waals surface area contributed by atoms with Gasteiger partial charge in [0.25, 0.3) is 0 Å². The molecule has 2 rings (SSSR count). The molecule has 0 unspecified atom stereocenters. The summed E-state index contributed by atoms with van der Waals surface area (Å²) in [6.45, 7) is 4.20. The Balaban J connectivity index is 2.61. The molecular formula is C11H14BNO2. The highest BCUT2D eigenvalue weighted by Gasteiger charge is 2.12. The van der Waals surface area contributed by atoms with Crippen LogP contribution in [0.25, 0.3) is 10.9 Å². The fourth-order valence-electron chi connectivity index (χ4n) is 1.78. The lowest BCUT2D eigenvalue weighted by atomic mass is 9.80. The van der Waals surface area contributed by atoms with Crippen LogP contribution in [-0.2, 0) is 0 Å². The summed E-state index contributed by atoms with van der Waals surface area (Å²) in [6, 6.07) is 7.86. The van der Waals surface area contributed by atoms with E-state index in [1.807, 2.05) is 24.4 Å². The summed E-state index contributed by atoms with van der Waals surface area (Å²) in [4.78, 5) is 0. The standard InChI is InChI=1S/C11H14BNO2/c1-8(2)13-6-5-9-3-4-10(12(14)15)7-11(9)13/h3-8,14-15H,1-2H3. The molecule has 15 heavy (non-hydrogen) atoms. The first kappa shape index (κ1) is 10.3. The zero-order valence-corrected chi connectivity index (χ0v) is 8.88. The van der Waals surface area contributed by atoms with Crippen LogP contribution in [0.1, 0.15) is 19.9 Å². The SMILES string of the molecule is CC(C)n1ccc2ccc(B(O)O)cc21. The van der Waals surface area contributed by atoms with E-state index < -0.39 is 7.12 Å². The highest BCUT2D eigenvalue weighted by Crippen LogP contribution is 2.18. The molecule has 78 valence electrons. The minimum absolute atomic E-state index is 0.369. The van der Waals surface area contributed by atoms with Crippen LogP contribution in [-0.4, -0.2) is 21.7 Å². The molecule has 4 heteroatoms. The van der Waals surface area contributed by atoms with E-state index in [1.54, 1.807) is 6.07 Å². The molecule has 1 aromatic heterocycles. The van der Waals surface area contributed by atoms with Crippen LogP contribution < -0.4 is 5.46 Å². The molecule has 0 fully saturated rings. The van der Waals surface area contributed by atoms with E-state index >= 15 is 0 Å². The maximum absolute atomic E-state index is 9.10. The van der Waals surface area contributed by atoms with Crippen molar-refractivity contribution in [3.8, 4) is 0 Å². The number of hydrogen-bond acceptors (Lipinski definition) is 2. The van der Waals surface area contributed by atoms with Gasteiger partial charge in [-0.3, -0.25) is 0 Å². The molecule has 0 radical (unpaired) electrons. The molecule has 0 aliphatic heterocycles. The Hall–Kier alpha value is -1.26. The number of nitrogens with zero attached hydrogens (tertiary/aromatic N) is 1. The van der Waals surface area contributed by atoms with Crippen molar-refractivity contribution in [2.24, 2.45) is 0 Å². The van der Waals surface area contributed by atoms with E-state index in [4.69, 9.17) is 10.0 Å². The summed E-state index contributed by atoms with van der Waals surface area (Å²) in [5.74, 6) is 0. The van der Waals surface area contributed by atoms with Crippen molar-refractivity contribution >= 4 is 23.5 Å². The van der Waals surface area contributed by atoms with Gasteiger partial charge in [0.2, 0.25) is 0 Å². The molecule has 0 atom stereocenters. The van der Waals surface area contributed by atoms with Crippen LogP contribution in [0.3, 0.4) is 0 Å². The number of rotatable bonds is 2. The zero-order valence-electron chi connectivity index (χ0n) is 8.88. The van der Waals surface area contributed by atoms with Gasteiger partial charge in [-0.2, -0.15) is 0 Å². The van der Waals surface area contributed by atoms with Crippen LogP contribution in [0.2, 0.25) is 0 Å². The lowest BCUT2D eigenvalue weighted by molar-refractivity contribution is 0.426. The van der Waals surface area contributed by atoms with E-state index in [-0.39, 0.29) is 0 Å². The van der Waals surface area contributed by atoms with E-state index in [0.717, 1.165) is 10.9 Å². The second kappa shape index (κ2) is 3.72. The lowest BCUT2D eigenvalue weighted by Crippen LogP contribution is -2.29. The second-order valence-electron chi connectivity index (χ2n) is 4.01. The van der Waals surface area contributed by atoms with Gasteiger partial charge in [-0.05, 0) is 36.8 Å². The summed E-state index contributed by atoms with van der Waals surface area (Å²) >= 11 is 0. The second-order valence-corrected chi connectivity index (χ2v) is 4.01. The first-order valence-electron chi connectivity index (χ1n) is 5.06. The van der Waals surface area contributed by atoms with Crippen LogP contribution in [0.4, 0.5) is 0 Å². The van der Waals surface area contributed by atoms with Gasteiger partial charge in [0.15, 0.2) is 0 Å². The third-order valence-corrected chi connectivity index (χ3v) is 2.60. The molecule has 3 nitrogen and oxygen atoms in total. The van der Waals surface area contributed by atoms with Crippen molar-refractivity contribution in [1.29, 1.82) is 0 Å². The molecule has 0 saturated heterocycles. The highest BCUT2D eigenvalue weighted by molar-refractivity contribution is 6.58. The van der Waals surface area contributed by atoms with Crippen LogP contribution >= 0.6 is 0 Å². The molecule has 0 aliphatic carbocycles. The third kappa shape index (κ3) is 1.78. The summed E-state index contributed by atoms with van der Waals surface area (Å²) in [6.07, 6.45) is 2.02. The number of aromatic nitrogens is 1. The molecule has 1 aromatic carbocycles. The molecule has 0 spiro atoms. The van der Waals surface area contributed by atoms with Gasteiger partial charge in [-0.15, -0.1) is 0 Å². The molecule has 0 saturated carbocycles. The number of hydrogen-bond donors (Lipinski definition) is 2. The summed E-state index contributed by atoms with van der Waals surface area (Å²) in [5.41, 5.74) is 1.57. The van der Waals surface area contributed by atoms with Crippen molar-refractivity contribution in [3.05, 3.63) is 30.5 Å². The van der Waals surface area contributed by atoms with Gasteiger partial charge in [-0.25, -0.2) is 0 Å². The van der Waals surface area contributed by atoms with Gasteiger partial charge in [-0.1, -0.05) is 12.1 Å². The average molecular weight is 203 g/mol. The normalized spacial score (nSPS) is 11.3. The smallest absolute Gasteiger partial charge is 0.423 e. The van der Waals surface area contributed by atoms with Crippen molar-refractivity contribution in [2.45, 2.75) is 19.9 Å². The largest absolute Gasteiger partial charge is 0.488 e. The van der Waals surface area contributed by atoms with Gasteiger partial charge < -0.3 is 14.6 Å². The molecule has 0 aliphatic rings. The third-order valence-electron chi connectivity index (χ3n) is 2.60. The quantitative estimate of drug-likeness (QED) is 0.712. The first-order chi connectivity index (χ1) is 7.09. The average Bonchev–Trinajstić information content (AvgIpc) is 2.59. The number of benzene rings is 1. The fourth-order valence-corrected chi connectivity index (χ4v) is 1.78. The van der Waals surface area contributed by atoms with E-state index in [0.29, 0.717) is 11.5 Å². The highest BCUT2D eigenvalue weighted by atomic mass is 16.4. The maximum atomic E-state index is 9.10. The van der Waals surface area contributed by atoms with Crippen LogP contribution in [0, 0.1) is 0 Å². The summed E-state index contributed by atoms with van der Waals surface area (Å²) in [7, 11) is -1.40. The summed E-state index contributed by atoms with van der Waals surface area (Å²) in [5, 5.41) is 19.3. The Morgan fingerprint density at radius 3 is 2.53 bits per heavy atom. The van der Waals surface area contributed by atoms with Gasteiger partial charge in [0.05, 0.1) is 0 Å². The Kier molecular flexibility index (Phi) is 2.55. The van der Waals surface area contributed by atoms with E-state index in [1.165, 1.54) is 0 Å². The van der Waals surface area contributed by atoms with E-state index in [9.17, 15) is 0 Å². The van der Waals surface area contributed by atoms with Crippen molar-refractivity contribution in [1.82, 2.24) is 4.57 Å². The molecule has 0 amide bonds. The minimum atomic E-state index is -1.40. The topological polar surface area (TPSA) is 45.4 Å². The van der Waals surface area contributed by atoms with E-state index in [2.05, 4.69) is 18.4 Å². The van der Waals surface area contributed by atoms with Gasteiger partial charge in [0, 0.05) is 17.8 Å². The Morgan fingerprint density at radius 1 is 1.20 bits per heavy atom. The maximum Gasteiger partial charge on any atom is 0.488 e. The minimum Gasteiger partial charge on any atom is -0.423 e. The van der Waals surface area contributed by atoms with Crippen molar-refractivity contribution in [3.63, 3.8) is 0 Å². The predicted octanol–water partition coefficient (Wildman–Crippen LogP) is 0.902. The summed E-state index contributed by atoms with van der Waals surface area (Å²) < 4.78 is 2.11. The van der Waals surface area contributed by atoms with Crippen LogP contribution in [0.15, 0.2) is 30.5 Å². The predicted molar refractivity (Wildman–Crippen MR) is 62.1 cm³/mol. The fraction of sp³-hybridized carbons (Fsp3) is 0.273.